The highest BCUT2D eigenvalue weighted by molar-refractivity contribution is 7.97. The van der Waals surface area contributed by atoms with E-state index in [4.69, 9.17) is 4.74 Å². The molecule has 0 aromatic rings. The summed E-state index contributed by atoms with van der Waals surface area (Å²) in [4.78, 5) is 11.3. The molecule has 5 atom stereocenters. The summed E-state index contributed by atoms with van der Waals surface area (Å²) in [6, 6.07) is -0.726. The summed E-state index contributed by atoms with van der Waals surface area (Å²) in [5.74, 6) is -0.308. The van der Waals surface area contributed by atoms with Crippen molar-refractivity contribution >= 4 is 17.9 Å². The Hall–Kier alpha value is -0.380. The summed E-state index contributed by atoms with van der Waals surface area (Å²) in [6.45, 7) is 6.48. The number of aliphatic hydroxyl groups excluding tert-OH is 3. The molecule has 118 valence electrons. The second kappa shape index (κ2) is 8.16. The van der Waals surface area contributed by atoms with Crippen molar-refractivity contribution < 1.29 is 24.9 Å². The van der Waals surface area contributed by atoms with E-state index in [1.807, 2.05) is 18.2 Å². The van der Waals surface area contributed by atoms with Crippen LogP contribution in [-0.2, 0) is 9.53 Å². The van der Waals surface area contributed by atoms with Gasteiger partial charge in [0.2, 0.25) is 5.91 Å². The molecule has 1 rings (SSSR count). The summed E-state index contributed by atoms with van der Waals surface area (Å²) in [6.07, 6.45) is -3.27. The van der Waals surface area contributed by atoms with Gasteiger partial charge in [-0.05, 0) is 11.9 Å². The largest absolute Gasteiger partial charge is 0.394 e. The molecule has 0 radical (unpaired) electrons. The van der Waals surface area contributed by atoms with E-state index in [1.54, 1.807) is 0 Å². The normalized spacial score (nSPS) is 34.2. The first-order valence-corrected chi connectivity index (χ1v) is 7.59. The minimum atomic E-state index is -1.23. The summed E-state index contributed by atoms with van der Waals surface area (Å²) < 4.78 is 7.62. The predicted molar refractivity (Wildman–Crippen MR) is 75.9 cm³/mol. The Labute approximate surface area is 123 Å². The molecular formula is C12H24N2O5S. The number of carbonyl (C=O) groups excluding carboxylic acids is 1. The van der Waals surface area contributed by atoms with E-state index in [9.17, 15) is 20.1 Å². The first-order valence-electron chi connectivity index (χ1n) is 6.75. The van der Waals surface area contributed by atoms with Gasteiger partial charge in [-0.1, -0.05) is 13.8 Å². The first kappa shape index (κ1) is 17.7. The third-order valence-corrected chi connectivity index (χ3v) is 4.64. The lowest BCUT2D eigenvalue weighted by molar-refractivity contribution is -0.174. The predicted octanol–water partition coefficient (Wildman–Crippen LogP) is -1.08. The molecular weight excluding hydrogens is 284 g/mol. The zero-order valence-electron chi connectivity index (χ0n) is 12.0. The van der Waals surface area contributed by atoms with Gasteiger partial charge in [0.1, 0.15) is 23.7 Å². The second-order valence-electron chi connectivity index (χ2n) is 4.65. The number of hydrogen-bond donors (Lipinski definition) is 4. The minimum absolute atomic E-state index is 0.308. The zero-order chi connectivity index (χ0) is 15.3. The van der Waals surface area contributed by atoms with Crippen LogP contribution in [0.1, 0.15) is 20.8 Å². The standard InChI is InChI=1S/C12H24N2O5S/c1-4-14(5-2)20-12-9(13-7(3)16)11(18)10(17)8(6-15)19-12/h8-12,15,17-18H,4-6H2,1-3H3,(H,13,16)/t8-,9-,10-,11-,12-/m1/s1. The van der Waals surface area contributed by atoms with Gasteiger partial charge in [0.15, 0.2) is 0 Å². The number of aliphatic hydroxyl groups is 3. The topological polar surface area (TPSA) is 102 Å². The molecule has 0 unspecified atom stereocenters. The summed E-state index contributed by atoms with van der Waals surface area (Å²) in [5.41, 5.74) is -0.561. The number of amides is 1. The lowest BCUT2D eigenvalue weighted by atomic mass is 9.98. The maximum atomic E-state index is 11.3. The van der Waals surface area contributed by atoms with Crippen LogP contribution in [0, 0.1) is 0 Å². The number of hydrogen-bond acceptors (Lipinski definition) is 7. The maximum absolute atomic E-state index is 11.3. The summed E-state index contributed by atoms with van der Waals surface area (Å²) in [7, 11) is 0. The van der Waals surface area contributed by atoms with Gasteiger partial charge in [-0.2, -0.15) is 0 Å². The number of nitrogens with zero attached hydrogens (tertiary/aromatic N) is 1. The third kappa shape index (κ3) is 4.31. The van der Waals surface area contributed by atoms with Gasteiger partial charge >= 0.3 is 0 Å². The fourth-order valence-electron chi connectivity index (χ4n) is 2.08. The molecule has 0 spiro atoms. The molecule has 1 aliphatic rings. The molecule has 1 saturated heterocycles. The molecule has 1 aliphatic heterocycles. The van der Waals surface area contributed by atoms with Crippen LogP contribution in [0.3, 0.4) is 0 Å². The van der Waals surface area contributed by atoms with Gasteiger partial charge in [-0.25, -0.2) is 4.31 Å². The minimum Gasteiger partial charge on any atom is -0.394 e. The van der Waals surface area contributed by atoms with Gasteiger partial charge in [0, 0.05) is 20.0 Å². The van der Waals surface area contributed by atoms with Gasteiger partial charge in [0.25, 0.3) is 0 Å². The van der Waals surface area contributed by atoms with E-state index in [2.05, 4.69) is 5.32 Å². The third-order valence-electron chi connectivity index (χ3n) is 3.21. The Bertz CT molecular complexity index is 314. The van der Waals surface area contributed by atoms with Gasteiger partial charge in [-0.3, -0.25) is 4.79 Å². The molecule has 20 heavy (non-hydrogen) atoms. The Balaban J connectivity index is 2.85. The SMILES string of the molecule is CCN(CC)S[C@H]1O[C@H](CO)[C@@H](O)[C@H](O)[C@H]1NC(C)=O. The van der Waals surface area contributed by atoms with Crippen molar-refractivity contribution in [2.75, 3.05) is 19.7 Å². The number of ether oxygens (including phenoxy) is 1. The zero-order valence-corrected chi connectivity index (χ0v) is 12.8. The molecule has 0 aromatic heterocycles. The van der Waals surface area contributed by atoms with Crippen LogP contribution in [0.5, 0.6) is 0 Å². The van der Waals surface area contributed by atoms with Crippen molar-refractivity contribution in [3.05, 3.63) is 0 Å². The first-order chi connectivity index (χ1) is 9.44. The molecule has 7 nitrogen and oxygen atoms in total. The molecule has 0 aliphatic carbocycles. The van der Waals surface area contributed by atoms with E-state index < -0.39 is 29.8 Å². The van der Waals surface area contributed by atoms with Gasteiger partial charge in [-0.15, -0.1) is 0 Å². The van der Waals surface area contributed by atoms with Crippen molar-refractivity contribution in [3.63, 3.8) is 0 Å². The highest BCUT2D eigenvalue weighted by Gasteiger charge is 2.45. The average Bonchev–Trinajstić information content (AvgIpc) is 2.43. The van der Waals surface area contributed by atoms with Crippen LogP contribution in [0.2, 0.25) is 0 Å². The fourth-order valence-corrected chi connectivity index (χ4v) is 3.22. The molecule has 1 amide bonds. The van der Waals surface area contributed by atoms with Crippen molar-refractivity contribution in [2.24, 2.45) is 0 Å². The van der Waals surface area contributed by atoms with Crippen molar-refractivity contribution in [3.8, 4) is 0 Å². The average molecular weight is 308 g/mol. The second-order valence-corrected chi connectivity index (χ2v) is 5.84. The van der Waals surface area contributed by atoms with Crippen LogP contribution in [0.4, 0.5) is 0 Å². The van der Waals surface area contributed by atoms with E-state index >= 15 is 0 Å². The molecule has 1 fully saturated rings. The monoisotopic (exact) mass is 308 g/mol. The Kier molecular flexibility index (Phi) is 7.21. The molecule has 0 saturated carbocycles. The smallest absolute Gasteiger partial charge is 0.217 e. The lowest BCUT2D eigenvalue weighted by Crippen LogP contribution is -2.63. The van der Waals surface area contributed by atoms with Crippen LogP contribution >= 0.6 is 11.9 Å². The number of rotatable bonds is 6. The van der Waals surface area contributed by atoms with Crippen molar-refractivity contribution in [1.82, 2.24) is 9.62 Å². The fraction of sp³-hybridized carbons (Fsp3) is 0.917. The van der Waals surface area contributed by atoms with E-state index in [0.29, 0.717) is 0 Å². The molecule has 0 aromatic carbocycles. The maximum Gasteiger partial charge on any atom is 0.217 e. The lowest BCUT2D eigenvalue weighted by Gasteiger charge is -2.43. The highest BCUT2D eigenvalue weighted by atomic mass is 32.2. The number of carbonyl (C=O) groups is 1. The van der Waals surface area contributed by atoms with Crippen LogP contribution < -0.4 is 5.32 Å². The molecule has 4 N–H and O–H groups in total. The quantitative estimate of drug-likeness (QED) is 0.463. The van der Waals surface area contributed by atoms with Crippen LogP contribution in [-0.4, -0.2) is 75.0 Å². The van der Waals surface area contributed by atoms with Crippen molar-refractivity contribution in [1.29, 1.82) is 0 Å². The van der Waals surface area contributed by atoms with E-state index in [0.717, 1.165) is 13.1 Å². The van der Waals surface area contributed by atoms with Crippen LogP contribution in [0.25, 0.3) is 0 Å². The highest BCUT2D eigenvalue weighted by Crippen LogP contribution is 2.30. The summed E-state index contributed by atoms with van der Waals surface area (Å²) >= 11 is 1.35. The molecule has 1 heterocycles. The Morgan fingerprint density at radius 3 is 2.35 bits per heavy atom. The Morgan fingerprint density at radius 2 is 1.90 bits per heavy atom. The van der Waals surface area contributed by atoms with E-state index in [-0.39, 0.29) is 12.5 Å². The van der Waals surface area contributed by atoms with Gasteiger partial charge < -0.3 is 25.4 Å². The van der Waals surface area contributed by atoms with E-state index in [1.165, 1.54) is 18.9 Å². The number of nitrogens with one attached hydrogen (secondary N) is 1. The van der Waals surface area contributed by atoms with Crippen LogP contribution in [0.15, 0.2) is 0 Å². The van der Waals surface area contributed by atoms with Crippen molar-refractivity contribution in [2.45, 2.75) is 50.6 Å². The Morgan fingerprint density at radius 1 is 1.30 bits per heavy atom. The van der Waals surface area contributed by atoms with Gasteiger partial charge in [0.05, 0.1) is 12.6 Å². The summed E-state index contributed by atoms with van der Waals surface area (Å²) in [5, 5.41) is 31.8. The molecule has 8 heteroatoms. The molecule has 0 bridgehead atoms.